The molecule has 0 amide bonds. The molecule has 1 aliphatic heterocycles. The quantitative estimate of drug-likeness (QED) is 0.528. The molecule has 2 aromatic rings. The lowest BCUT2D eigenvalue weighted by Gasteiger charge is -2.21. The fraction of sp³-hybridized carbons (Fsp3) is 0.200. The van der Waals surface area contributed by atoms with Crippen LogP contribution < -0.4 is 10.6 Å². The summed E-state index contributed by atoms with van der Waals surface area (Å²) in [6, 6.07) is 12.7. The minimum absolute atomic E-state index is 0.120. The summed E-state index contributed by atoms with van der Waals surface area (Å²) in [5.74, 6) is 0. The predicted octanol–water partition coefficient (Wildman–Crippen LogP) is 2.74. The molecule has 0 atom stereocenters. The van der Waals surface area contributed by atoms with Gasteiger partial charge in [0, 0.05) is 25.2 Å². The molecule has 2 N–H and O–H groups in total. The number of nitrogens with two attached hydrogens (primary N) is 1. The van der Waals surface area contributed by atoms with Crippen molar-refractivity contribution in [2.45, 2.75) is 13.0 Å². The van der Waals surface area contributed by atoms with Crippen molar-refractivity contribution in [1.82, 2.24) is 0 Å². The van der Waals surface area contributed by atoms with E-state index >= 15 is 0 Å². The van der Waals surface area contributed by atoms with Crippen molar-refractivity contribution in [2.75, 3.05) is 17.2 Å². The Hall–Kier alpha value is -2.56. The van der Waals surface area contributed by atoms with E-state index in [1.54, 1.807) is 24.3 Å². The first-order chi connectivity index (χ1) is 9.65. The molecule has 5 nitrogen and oxygen atoms in total. The number of rotatable bonds is 3. The number of fused-ring (bicyclic) bond motifs is 1. The third-order valence-corrected chi connectivity index (χ3v) is 3.64. The van der Waals surface area contributed by atoms with E-state index < -0.39 is 0 Å². The van der Waals surface area contributed by atoms with E-state index in [-0.39, 0.29) is 10.6 Å². The van der Waals surface area contributed by atoms with Gasteiger partial charge in [-0.1, -0.05) is 24.3 Å². The molecule has 0 bridgehead atoms. The molecule has 3 rings (SSSR count). The normalized spacial score (nSPS) is 13.3. The van der Waals surface area contributed by atoms with Gasteiger partial charge < -0.3 is 10.6 Å². The highest BCUT2D eigenvalue weighted by Crippen LogP contribution is 2.34. The van der Waals surface area contributed by atoms with Gasteiger partial charge in [-0.05, 0) is 23.6 Å². The topological polar surface area (TPSA) is 72.4 Å². The number of benzene rings is 2. The van der Waals surface area contributed by atoms with Gasteiger partial charge in [-0.2, -0.15) is 0 Å². The molecule has 5 heteroatoms. The highest BCUT2D eigenvalue weighted by molar-refractivity contribution is 5.74. The zero-order valence-corrected chi connectivity index (χ0v) is 11.0. The highest BCUT2D eigenvalue weighted by Gasteiger charge is 2.21. The average molecular weight is 269 g/mol. The van der Waals surface area contributed by atoms with Gasteiger partial charge in [0.15, 0.2) is 0 Å². The second-order valence-electron chi connectivity index (χ2n) is 4.95. The number of nitro benzene ring substituents is 1. The molecule has 0 aromatic heterocycles. The average Bonchev–Trinajstić information content (AvgIpc) is 2.84. The lowest BCUT2D eigenvalue weighted by molar-refractivity contribution is -0.384. The van der Waals surface area contributed by atoms with Crippen molar-refractivity contribution in [3.05, 3.63) is 63.7 Å². The fourth-order valence-corrected chi connectivity index (χ4v) is 2.67. The Kier molecular flexibility index (Phi) is 3.02. The summed E-state index contributed by atoms with van der Waals surface area (Å²) >= 11 is 0. The number of hydrogen-bond acceptors (Lipinski definition) is 4. The molecule has 2 aromatic carbocycles. The third-order valence-electron chi connectivity index (χ3n) is 3.64. The fourth-order valence-electron chi connectivity index (χ4n) is 2.67. The van der Waals surface area contributed by atoms with E-state index in [1.807, 2.05) is 12.1 Å². The molecule has 0 saturated heterocycles. The first-order valence-corrected chi connectivity index (χ1v) is 6.51. The summed E-state index contributed by atoms with van der Waals surface area (Å²) in [7, 11) is 0. The number of non-ortho nitro benzene ring substituents is 1. The van der Waals surface area contributed by atoms with Crippen LogP contribution in [0.1, 0.15) is 11.1 Å². The Balaban J connectivity index is 1.82. The largest absolute Gasteiger partial charge is 0.397 e. The second-order valence-corrected chi connectivity index (χ2v) is 4.95. The van der Waals surface area contributed by atoms with Crippen LogP contribution in [0.4, 0.5) is 17.1 Å². The van der Waals surface area contributed by atoms with Crippen LogP contribution in [0.2, 0.25) is 0 Å². The van der Waals surface area contributed by atoms with Crippen LogP contribution in [0, 0.1) is 10.1 Å². The highest BCUT2D eigenvalue weighted by atomic mass is 16.6. The summed E-state index contributed by atoms with van der Waals surface area (Å²) in [5.41, 5.74) is 10.4. The van der Waals surface area contributed by atoms with Crippen molar-refractivity contribution >= 4 is 17.1 Å². The van der Waals surface area contributed by atoms with Gasteiger partial charge in [0.25, 0.3) is 5.69 Å². The number of anilines is 2. The Morgan fingerprint density at radius 1 is 1.20 bits per heavy atom. The van der Waals surface area contributed by atoms with Crippen molar-refractivity contribution in [3.63, 3.8) is 0 Å². The maximum Gasteiger partial charge on any atom is 0.269 e. The van der Waals surface area contributed by atoms with Crippen LogP contribution in [0.3, 0.4) is 0 Å². The van der Waals surface area contributed by atoms with Crippen molar-refractivity contribution in [1.29, 1.82) is 0 Å². The molecule has 0 radical (unpaired) electrons. The lowest BCUT2D eigenvalue weighted by atomic mass is 10.1. The minimum Gasteiger partial charge on any atom is -0.397 e. The zero-order valence-electron chi connectivity index (χ0n) is 11.0. The van der Waals surface area contributed by atoms with Gasteiger partial charge in [-0.25, -0.2) is 0 Å². The molecule has 20 heavy (non-hydrogen) atoms. The van der Waals surface area contributed by atoms with Crippen LogP contribution in [-0.4, -0.2) is 11.5 Å². The Morgan fingerprint density at radius 3 is 2.65 bits per heavy atom. The van der Waals surface area contributed by atoms with Crippen molar-refractivity contribution in [3.8, 4) is 0 Å². The molecular weight excluding hydrogens is 254 g/mol. The molecule has 1 heterocycles. The summed E-state index contributed by atoms with van der Waals surface area (Å²) in [4.78, 5) is 12.5. The molecule has 102 valence electrons. The predicted molar refractivity (Wildman–Crippen MR) is 78.7 cm³/mol. The van der Waals surface area contributed by atoms with Gasteiger partial charge in [-0.15, -0.1) is 0 Å². The molecule has 0 spiro atoms. The van der Waals surface area contributed by atoms with Crippen LogP contribution in [-0.2, 0) is 13.0 Å². The molecule has 0 aliphatic carbocycles. The molecule has 0 saturated carbocycles. The molecule has 0 unspecified atom stereocenters. The monoisotopic (exact) mass is 269 g/mol. The second kappa shape index (κ2) is 4.85. The van der Waals surface area contributed by atoms with E-state index in [2.05, 4.69) is 11.0 Å². The summed E-state index contributed by atoms with van der Waals surface area (Å²) < 4.78 is 0. The van der Waals surface area contributed by atoms with E-state index in [0.29, 0.717) is 0 Å². The molecular formula is C15H15N3O2. The standard InChI is InChI=1S/C15H15N3O2/c16-14-3-1-2-12-8-9-17(15(12)14)10-11-4-6-13(7-5-11)18(19)20/h1-7H,8-10,16H2. The Morgan fingerprint density at radius 2 is 1.95 bits per heavy atom. The first kappa shape index (κ1) is 12.5. The summed E-state index contributed by atoms with van der Waals surface area (Å²) in [6.07, 6.45) is 0.993. The zero-order chi connectivity index (χ0) is 14.1. The van der Waals surface area contributed by atoms with Crippen molar-refractivity contribution in [2.24, 2.45) is 0 Å². The van der Waals surface area contributed by atoms with Gasteiger partial charge >= 0.3 is 0 Å². The minimum atomic E-state index is -0.382. The van der Waals surface area contributed by atoms with E-state index in [9.17, 15) is 10.1 Å². The lowest BCUT2D eigenvalue weighted by Crippen LogP contribution is -2.20. The Labute approximate surface area is 116 Å². The first-order valence-electron chi connectivity index (χ1n) is 6.51. The van der Waals surface area contributed by atoms with Crippen LogP contribution in [0.5, 0.6) is 0 Å². The smallest absolute Gasteiger partial charge is 0.269 e. The van der Waals surface area contributed by atoms with Gasteiger partial charge in [-0.3, -0.25) is 10.1 Å². The summed E-state index contributed by atoms with van der Waals surface area (Å²) in [6.45, 7) is 1.65. The molecule has 0 fully saturated rings. The van der Waals surface area contributed by atoms with Crippen LogP contribution >= 0.6 is 0 Å². The summed E-state index contributed by atoms with van der Waals surface area (Å²) in [5, 5.41) is 10.6. The maximum atomic E-state index is 10.6. The number of nitrogen functional groups attached to an aromatic ring is 1. The Bertz CT molecular complexity index is 653. The van der Waals surface area contributed by atoms with E-state index in [0.717, 1.165) is 36.4 Å². The number of para-hydroxylation sites is 1. The van der Waals surface area contributed by atoms with Crippen LogP contribution in [0.15, 0.2) is 42.5 Å². The van der Waals surface area contributed by atoms with Crippen molar-refractivity contribution < 1.29 is 4.92 Å². The van der Waals surface area contributed by atoms with Gasteiger partial charge in [0.2, 0.25) is 0 Å². The number of hydrogen-bond donors (Lipinski definition) is 1. The van der Waals surface area contributed by atoms with Gasteiger partial charge in [0.05, 0.1) is 16.3 Å². The number of nitrogens with zero attached hydrogens (tertiary/aromatic N) is 2. The third kappa shape index (κ3) is 2.18. The number of nitro groups is 1. The van der Waals surface area contributed by atoms with Crippen LogP contribution in [0.25, 0.3) is 0 Å². The SMILES string of the molecule is Nc1cccc2c1N(Cc1ccc([N+](=O)[O-])cc1)CC2. The van der Waals surface area contributed by atoms with E-state index in [1.165, 1.54) is 5.56 Å². The van der Waals surface area contributed by atoms with E-state index in [4.69, 9.17) is 5.73 Å². The van der Waals surface area contributed by atoms with Gasteiger partial charge in [0.1, 0.15) is 0 Å². The maximum absolute atomic E-state index is 10.6. The molecule has 1 aliphatic rings.